The lowest BCUT2D eigenvalue weighted by atomic mass is 10.8. The second-order valence-corrected chi connectivity index (χ2v) is 0.408. The summed E-state index contributed by atoms with van der Waals surface area (Å²) in [6.07, 6.45) is 1.75. The minimum absolute atomic E-state index is 0. The summed E-state index contributed by atoms with van der Waals surface area (Å²) in [6.45, 7) is 7.39. The molecule has 0 aliphatic heterocycles. The Morgan fingerprint density at radius 1 is 1.50 bits per heavy atom. The summed E-state index contributed by atoms with van der Waals surface area (Å²) in [5, 5.41) is 0. The van der Waals surface area contributed by atoms with Crippen molar-refractivity contribution >= 4 is 10.2 Å². The van der Waals surface area contributed by atoms with Crippen LogP contribution in [0.1, 0.15) is 6.92 Å². The highest BCUT2D eigenvalue weighted by Gasteiger charge is 1.15. The van der Waals surface area contributed by atoms with Crippen molar-refractivity contribution in [3.8, 4) is 0 Å². The molecule has 0 rings (SSSR count). The average molecular weight is 106 g/mol. The lowest BCUT2D eigenvalue weighted by molar-refractivity contribution is 0.824. The maximum atomic E-state index is 3.36. The average Bonchev–Trinajstić information content (AvgIpc) is 1.46. The Morgan fingerprint density at radius 3 is 1.50 bits per heavy atom. The van der Waals surface area contributed by atoms with E-state index in [1.165, 1.54) is 10.2 Å². The quantitative estimate of drug-likeness (QED) is 0.302. The van der Waals surface area contributed by atoms with Crippen LogP contribution in [0, 0.1) is 0 Å². The third kappa shape index (κ3) is 4820. The minimum atomic E-state index is 0. The SMILES string of the molecule is C=CC.C[SiH3].O. The first-order valence-corrected chi connectivity index (χ1v) is 3.99. The highest BCUT2D eigenvalue weighted by molar-refractivity contribution is 6.05. The molecule has 0 unspecified atom stereocenters. The Labute approximate surface area is 42.8 Å². The van der Waals surface area contributed by atoms with Crippen molar-refractivity contribution < 1.29 is 5.48 Å². The standard InChI is InChI=1S/C3H6.CH6Si.H2O/c1-3-2;1-2;/h3H,1H2,2H3;1-2H3;1H2. The highest BCUT2D eigenvalue weighted by Crippen LogP contribution is 1.38. The molecule has 6 heavy (non-hydrogen) atoms. The van der Waals surface area contributed by atoms with Gasteiger partial charge < -0.3 is 5.48 Å². The van der Waals surface area contributed by atoms with Gasteiger partial charge in [0.1, 0.15) is 0 Å². The molecule has 2 N–H and O–H groups in total. The Balaban J connectivity index is -0.0000000275. The van der Waals surface area contributed by atoms with Gasteiger partial charge in [-0.1, -0.05) is 12.6 Å². The summed E-state index contributed by atoms with van der Waals surface area (Å²) < 4.78 is 0. The molecule has 0 fully saturated rings. The van der Waals surface area contributed by atoms with Crippen molar-refractivity contribution in [1.82, 2.24) is 0 Å². The van der Waals surface area contributed by atoms with Crippen molar-refractivity contribution in [1.29, 1.82) is 0 Å². The molecule has 0 saturated carbocycles. The normalized spacial score (nSPS) is 3.67. The van der Waals surface area contributed by atoms with E-state index in [-0.39, 0.29) is 5.48 Å². The van der Waals surface area contributed by atoms with E-state index in [0.717, 1.165) is 0 Å². The first kappa shape index (κ1) is 16.8. The Hall–Kier alpha value is -0.0831. The van der Waals surface area contributed by atoms with Crippen LogP contribution >= 0.6 is 0 Å². The van der Waals surface area contributed by atoms with Gasteiger partial charge >= 0.3 is 0 Å². The van der Waals surface area contributed by atoms with Crippen molar-refractivity contribution in [3.63, 3.8) is 0 Å². The van der Waals surface area contributed by atoms with E-state index in [2.05, 4.69) is 13.1 Å². The van der Waals surface area contributed by atoms with E-state index in [9.17, 15) is 0 Å². The summed E-state index contributed by atoms with van der Waals surface area (Å²) in [4.78, 5) is 0. The highest BCUT2D eigenvalue weighted by atomic mass is 28.1. The van der Waals surface area contributed by atoms with Crippen LogP contribution in [0.4, 0.5) is 0 Å². The maximum Gasteiger partial charge on any atom is -0.000585 e. The molecule has 0 radical (unpaired) electrons. The molecule has 0 heterocycles. The molecule has 0 amide bonds. The van der Waals surface area contributed by atoms with Crippen molar-refractivity contribution in [3.05, 3.63) is 12.7 Å². The second-order valence-electron chi connectivity index (χ2n) is 0.408. The summed E-state index contributed by atoms with van der Waals surface area (Å²) >= 11 is 0. The van der Waals surface area contributed by atoms with Crippen molar-refractivity contribution in [2.75, 3.05) is 0 Å². The van der Waals surface area contributed by atoms with Gasteiger partial charge in [0.25, 0.3) is 0 Å². The summed E-state index contributed by atoms with van der Waals surface area (Å²) in [7, 11) is 1.31. The zero-order valence-corrected chi connectivity index (χ0v) is 6.78. The van der Waals surface area contributed by atoms with Gasteiger partial charge in [-0.15, -0.1) is 6.58 Å². The first-order valence-electron chi connectivity index (χ1n) is 1.99. The molecular formula is C4H14OSi. The van der Waals surface area contributed by atoms with Crippen LogP contribution in [0.15, 0.2) is 12.7 Å². The van der Waals surface area contributed by atoms with Gasteiger partial charge in [0.05, 0.1) is 0 Å². The third-order valence-corrected chi connectivity index (χ3v) is 0. The second kappa shape index (κ2) is 89.7. The molecule has 0 aromatic rings. The first-order chi connectivity index (χ1) is 2.41. The maximum absolute atomic E-state index is 3.36. The van der Waals surface area contributed by atoms with Gasteiger partial charge in [-0.3, -0.25) is 0 Å². The molecule has 0 aliphatic rings. The predicted molar refractivity (Wildman–Crippen MR) is 35.3 cm³/mol. The summed E-state index contributed by atoms with van der Waals surface area (Å²) in [6, 6.07) is 0. The molecule has 2 heteroatoms. The molecule has 0 bridgehead atoms. The number of rotatable bonds is 0. The molecule has 0 spiro atoms. The molecule has 1 nitrogen and oxygen atoms in total. The van der Waals surface area contributed by atoms with Gasteiger partial charge in [0.2, 0.25) is 0 Å². The molecule has 0 aromatic heterocycles. The largest absolute Gasteiger partial charge is 0.412 e. The summed E-state index contributed by atoms with van der Waals surface area (Å²) in [5.41, 5.74) is 0. The number of hydrogen-bond acceptors (Lipinski definition) is 0. The Bertz CT molecular complexity index is 15.0. The number of allylic oxidation sites excluding steroid dienone is 1. The van der Waals surface area contributed by atoms with E-state index in [1.54, 1.807) is 6.08 Å². The molecule has 0 aromatic carbocycles. The topological polar surface area (TPSA) is 31.5 Å². The van der Waals surface area contributed by atoms with E-state index >= 15 is 0 Å². The molecule has 40 valence electrons. The van der Waals surface area contributed by atoms with Gasteiger partial charge in [0.15, 0.2) is 0 Å². The van der Waals surface area contributed by atoms with Crippen molar-refractivity contribution in [2.24, 2.45) is 0 Å². The molecule has 0 aliphatic carbocycles. The van der Waals surface area contributed by atoms with Crippen LogP contribution in [0.5, 0.6) is 0 Å². The Kier molecular flexibility index (Phi) is 251. The third-order valence-electron chi connectivity index (χ3n) is 0. The lowest BCUT2D eigenvalue weighted by Gasteiger charge is -1.31. The van der Waals surface area contributed by atoms with Gasteiger partial charge in [-0.05, 0) is 17.2 Å². The van der Waals surface area contributed by atoms with E-state index in [0.29, 0.717) is 0 Å². The van der Waals surface area contributed by atoms with Crippen LogP contribution in [0.25, 0.3) is 0 Å². The van der Waals surface area contributed by atoms with E-state index in [1.807, 2.05) is 6.92 Å². The fourth-order valence-corrected chi connectivity index (χ4v) is 0. The van der Waals surface area contributed by atoms with Crippen LogP contribution < -0.4 is 0 Å². The van der Waals surface area contributed by atoms with Crippen LogP contribution in [0.3, 0.4) is 0 Å². The van der Waals surface area contributed by atoms with Crippen LogP contribution in [0.2, 0.25) is 6.55 Å². The fourth-order valence-electron chi connectivity index (χ4n) is 0. The Morgan fingerprint density at radius 2 is 1.50 bits per heavy atom. The van der Waals surface area contributed by atoms with E-state index < -0.39 is 0 Å². The van der Waals surface area contributed by atoms with Gasteiger partial charge in [0, 0.05) is 0 Å². The fraction of sp³-hybridized carbons (Fsp3) is 0.500. The summed E-state index contributed by atoms with van der Waals surface area (Å²) in [5.74, 6) is 0. The van der Waals surface area contributed by atoms with Crippen molar-refractivity contribution in [2.45, 2.75) is 13.5 Å². The van der Waals surface area contributed by atoms with Crippen LogP contribution in [-0.4, -0.2) is 15.7 Å². The van der Waals surface area contributed by atoms with Gasteiger partial charge in [-0.25, -0.2) is 0 Å². The molecular weight excluding hydrogens is 92.1 g/mol. The molecule has 0 saturated heterocycles. The van der Waals surface area contributed by atoms with E-state index in [4.69, 9.17) is 0 Å². The minimum Gasteiger partial charge on any atom is -0.412 e. The van der Waals surface area contributed by atoms with Crippen LogP contribution in [-0.2, 0) is 0 Å². The zero-order chi connectivity index (χ0) is 4.71. The van der Waals surface area contributed by atoms with Gasteiger partial charge in [-0.2, -0.15) is 0 Å². The zero-order valence-electron chi connectivity index (χ0n) is 4.78. The predicted octanol–water partition coefficient (Wildman–Crippen LogP) is -0.233. The monoisotopic (exact) mass is 106 g/mol. The molecule has 0 atom stereocenters. The smallest absolute Gasteiger partial charge is 0.000585 e. The lowest BCUT2D eigenvalue weighted by Crippen LogP contribution is -1.13. The number of hydrogen-bond donors (Lipinski definition) is 0.